The van der Waals surface area contributed by atoms with E-state index in [1.807, 2.05) is 18.2 Å². The lowest BCUT2D eigenvalue weighted by molar-refractivity contribution is 0.311. The van der Waals surface area contributed by atoms with Crippen LogP contribution in [0.2, 0.25) is 0 Å². The van der Waals surface area contributed by atoms with Gasteiger partial charge in [-0.05, 0) is 117 Å². The lowest BCUT2D eigenvalue weighted by atomic mass is 9.75. The van der Waals surface area contributed by atoms with Gasteiger partial charge in [0.25, 0.3) is 0 Å². The molecule has 0 aliphatic heterocycles. The average Bonchev–Trinajstić information content (AvgIpc) is 2.89. The second-order valence-corrected chi connectivity index (χ2v) is 11.6. The van der Waals surface area contributed by atoms with Crippen LogP contribution in [0, 0.1) is 35.3 Å². The van der Waals surface area contributed by atoms with Crippen molar-refractivity contribution in [3.05, 3.63) is 58.9 Å². The maximum Gasteiger partial charge on any atom is 0.162 e. The third-order valence-electron chi connectivity index (χ3n) is 9.36. The summed E-state index contributed by atoms with van der Waals surface area (Å²) in [7, 11) is 0. The van der Waals surface area contributed by atoms with Gasteiger partial charge in [0.15, 0.2) is 11.6 Å². The molecule has 3 heteroatoms. The second kappa shape index (κ2) is 12.6. The highest BCUT2D eigenvalue weighted by Gasteiger charge is 2.29. The molecule has 4 rings (SSSR count). The summed E-state index contributed by atoms with van der Waals surface area (Å²) in [6.07, 6.45) is 20.6. The zero-order valence-corrected chi connectivity index (χ0v) is 21.9. The molecule has 35 heavy (non-hydrogen) atoms. The average molecular weight is 487 g/mol. The van der Waals surface area contributed by atoms with Crippen LogP contribution >= 0.6 is 0 Å². The summed E-state index contributed by atoms with van der Waals surface area (Å²) >= 11 is 0. The van der Waals surface area contributed by atoms with Crippen LogP contribution < -0.4 is 0 Å². The minimum atomic E-state index is -0.605. The summed E-state index contributed by atoms with van der Waals surface area (Å²) in [6, 6.07) is 3.75. The summed E-state index contributed by atoms with van der Waals surface area (Å²) in [4.78, 5) is 0. The molecule has 1 aromatic rings. The van der Waals surface area contributed by atoms with Gasteiger partial charge >= 0.3 is 0 Å². The van der Waals surface area contributed by atoms with Gasteiger partial charge in [0.1, 0.15) is 5.83 Å². The molecule has 0 heterocycles. The van der Waals surface area contributed by atoms with Crippen LogP contribution in [0.5, 0.6) is 0 Å². The van der Waals surface area contributed by atoms with Crippen molar-refractivity contribution in [2.24, 2.45) is 23.7 Å². The first kappa shape index (κ1) is 26.6. The number of rotatable bonds is 8. The Hall–Kier alpha value is -1.51. The highest BCUT2D eigenvalue weighted by Crippen LogP contribution is 2.42. The van der Waals surface area contributed by atoms with Crippen LogP contribution in [0.1, 0.15) is 127 Å². The third kappa shape index (κ3) is 6.63. The van der Waals surface area contributed by atoms with Crippen LogP contribution in [0.25, 0.3) is 0 Å². The van der Waals surface area contributed by atoms with Crippen molar-refractivity contribution in [2.75, 3.05) is 0 Å². The van der Waals surface area contributed by atoms with E-state index >= 15 is 8.78 Å². The molecule has 2 saturated carbocycles. The van der Waals surface area contributed by atoms with Crippen molar-refractivity contribution >= 4 is 0 Å². The highest BCUT2D eigenvalue weighted by molar-refractivity contribution is 5.32. The molecule has 0 bridgehead atoms. The number of hydrogen-bond donors (Lipinski definition) is 0. The van der Waals surface area contributed by atoms with Crippen LogP contribution in [-0.4, -0.2) is 0 Å². The molecular formula is C32H45F3. The van der Waals surface area contributed by atoms with Crippen LogP contribution in [0.4, 0.5) is 13.2 Å². The largest absolute Gasteiger partial charge is 0.212 e. The zero-order valence-electron chi connectivity index (χ0n) is 21.9. The molecule has 0 radical (unpaired) electrons. The fraction of sp³-hybridized carbons (Fsp3) is 0.688. The molecule has 0 saturated heterocycles. The molecule has 1 aromatic carbocycles. The van der Waals surface area contributed by atoms with E-state index in [0.717, 1.165) is 76.5 Å². The Morgan fingerprint density at radius 3 is 1.89 bits per heavy atom. The normalized spacial score (nSPS) is 32.1. The van der Waals surface area contributed by atoms with Gasteiger partial charge in [-0.2, -0.15) is 0 Å². The standard InChI is InChI=1S/C32H45F3/c1-3-5-6-24-12-18-27(30(33)21-24)17-11-23-9-15-26(16-10-23)29-20-19-28(31(34)32(29)35)25-13-7-22(4-2)8-14-25/h11,17,19-27H,3-10,12-16,18H2,1-2H3/b17-11+. The summed E-state index contributed by atoms with van der Waals surface area (Å²) in [5.41, 5.74) is 1.16. The molecule has 0 nitrogen and oxygen atoms in total. The minimum absolute atomic E-state index is 0.0445. The summed E-state index contributed by atoms with van der Waals surface area (Å²) in [5.74, 6) is 0.590. The highest BCUT2D eigenvalue weighted by atomic mass is 19.2. The van der Waals surface area contributed by atoms with Gasteiger partial charge in [0, 0.05) is 5.92 Å². The number of hydrogen-bond acceptors (Lipinski definition) is 0. The lowest BCUT2D eigenvalue weighted by Gasteiger charge is -2.30. The van der Waals surface area contributed by atoms with E-state index < -0.39 is 11.6 Å². The summed E-state index contributed by atoms with van der Waals surface area (Å²) < 4.78 is 44.8. The van der Waals surface area contributed by atoms with Gasteiger partial charge in [-0.3, -0.25) is 0 Å². The van der Waals surface area contributed by atoms with Crippen molar-refractivity contribution in [1.29, 1.82) is 0 Å². The first-order valence-electron chi connectivity index (χ1n) is 14.5. The van der Waals surface area contributed by atoms with Gasteiger partial charge in [0.2, 0.25) is 0 Å². The van der Waals surface area contributed by atoms with E-state index in [2.05, 4.69) is 26.0 Å². The van der Waals surface area contributed by atoms with Crippen molar-refractivity contribution in [3.63, 3.8) is 0 Å². The van der Waals surface area contributed by atoms with Gasteiger partial charge in [0.05, 0.1) is 0 Å². The maximum absolute atomic E-state index is 15.1. The van der Waals surface area contributed by atoms with E-state index in [1.165, 1.54) is 19.3 Å². The predicted molar refractivity (Wildman–Crippen MR) is 140 cm³/mol. The van der Waals surface area contributed by atoms with Crippen LogP contribution in [0.3, 0.4) is 0 Å². The first-order chi connectivity index (χ1) is 17.0. The number of allylic oxidation sites excluding steroid dienone is 4. The Kier molecular flexibility index (Phi) is 9.59. The Bertz CT molecular complexity index is 869. The Balaban J connectivity index is 1.30. The maximum atomic E-state index is 15.1. The number of benzene rings is 1. The summed E-state index contributed by atoms with van der Waals surface area (Å²) in [5, 5.41) is 0. The zero-order chi connectivity index (χ0) is 24.8. The predicted octanol–water partition coefficient (Wildman–Crippen LogP) is 10.5. The van der Waals surface area contributed by atoms with E-state index in [0.29, 0.717) is 23.0 Å². The molecule has 0 spiro atoms. The topological polar surface area (TPSA) is 0 Å². The van der Waals surface area contributed by atoms with Crippen molar-refractivity contribution < 1.29 is 13.2 Å². The molecule has 2 atom stereocenters. The lowest BCUT2D eigenvalue weighted by Crippen LogP contribution is -2.17. The first-order valence-corrected chi connectivity index (χ1v) is 14.5. The Labute approximate surface area is 211 Å². The third-order valence-corrected chi connectivity index (χ3v) is 9.36. The Morgan fingerprint density at radius 2 is 1.34 bits per heavy atom. The quantitative estimate of drug-likeness (QED) is 0.321. The molecule has 3 aliphatic carbocycles. The van der Waals surface area contributed by atoms with Gasteiger partial charge in [-0.15, -0.1) is 0 Å². The van der Waals surface area contributed by atoms with E-state index in [4.69, 9.17) is 0 Å². The van der Waals surface area contributed by atoms with Crippen molar-refractivity contribution in [2.45, 2.75) is 116 Å². The molecule has 194 valence electrons. The minimum Gasteiger partial charge on any atom is -0.212 e. The summed E-state index contributed by atoms with van der Waals surface area (Å²) in [6.45, 7) is 4.40. The van der Waals surface area contributed by atoms with Gasteiger partial charge in [-0.1, -0.05) is 57.4 Å². The molecule has 0 N–H and O–H groups in total. The van der Waals surface area contributed by atoms with Gasteiger partial charge in [-0.25, -0.2) is 13.2 Å². The second-order valence-electron chi connectivity index (χ2n) is 11.6. The Morgan fingerprint density at radius 1 is 0.743 bits per heavy atom. The molecule has 0 aromatic heterocycles. The number of halogens is 3. The van der Waals surface area contributed by atoms with E-state index in [1.54, 1.807) is 0 Å². The van der Waals surface area contributed by atoms with Crippen molar-refractivity contribution in [3.8, 4) is 0 Å². The van der Waals surface area contributed by atoms with E-state index in [9.17, 15) is 4.39 Å². The smallest absolute Gasteiger partial charge is 0.162 e. The van der Waals surface area contributed by atoms with Crippen LogP contribution in [-0.2, 0) is 0 Å². The molecule has 3 aliphatic rings. The SMILES string of the molecule is CCCCC1C=C(F)C(/C=C/C2CCC(c3ccc(C4CCC(CC)CC4)c(F)c3F)CC2)CC1. The van der Waals surface area contributed by atoms with Crippen molar-refractivity contribution in [1.82, 2.24) is 0 Å². The molecule has 2 unspecified atom stereocenters. The molecule has 0 amide bonds. The number of unbranched alkanes of at least 4 members (excludes halogenated alkanes) is 1. The molecule has 2 fully saturated rings. The molecular weight excluding hydrogens is 441 g/mol. The van der Waals surface area contributed by atoms with E-state index in [-0.39, 0.29) is 23.6 Å². The fourth-order valence-corrected chi connectivity index (χ4v) is 6.85. The van der Waals surface area contributed by atoms with Crippen LogP contribution in [0.15, 0.2) is 36.2 Å². The van der Waals surface area contributed by atoms with Gasteiger partial charge < -0.3 is 0 Å². The monoisotopic (exact) mass is 486 g/mol. The fourth-order valence-electron chi connectivity index (χ4n) is 6.85.